The normalized spacial score (nSPS) is 15.0. The van der Waals surface area contributed by atoms with Gasteiger partial charge in [-0.3, -0.25) is 9.36 Å². The van der Waals surface area contributed by atoms with Crippen LogP contribution in [0.1, 0.15) is 29.7 Å². The van der Waals surface area contributed by atoms with Crippen molar-refractivity contribution >= 4 is 62.5 Å². The number of hydrogen-bond donors (Lipinski definition) is 0. The molecule has 2 heterocycles. The van der Waals surface area contributed by atoms with Crippen molar-refractivity contribution in [1.29, 1.82) is 0 Å². The van der Waals surface area contributed by atoms with E-state index in [0.717, 1.165) is 31.7 Å². The van der Waals surface area contributed by atoms with E-state index in [2.05, 4.69) is 15.9 Å². The van der Waals surface area contributed by atoms with Gasteiger partial charge in [0, 0.05) is 29.0 Å². The summed E-state index contributed by atoms with van der Waals surface area (Å²) in [6.45, 7) is 1.99. The Bertz CT molecular complexity index is 1780. The van der Waals surface area contributed by atoms with Crippen LogP contribution in [0.4, 0.5) is 5.69 Å². The smallest absolute Gasteiger partial charge is 0.338 e. The number of thioether (sulfide) groups is 1. The molecule has 0 amide bonds. The molecule has 40 heavy (non-hydrogen) atoms. The molecule has 0 aliphatic carbocycles. The van der Waals surface area contributed by atoms with Crippen LogP contribution in [0, 0.1) is 0 Å². The molecule has 0 saturated heterocycles. The molecule has 0 unspecified atom stereocenters. The van der Waals surface area contributed by atoms with Crippen molar-refractivity contribution in [3.05, 3.63) is 119 Å². The highest BCUT2D eigenvalue weighted by Gasteiger charge is 2.35. The molecule has 0 spiro atoms. The van der Waals surface area contributed by atoms with Crippen LogP contribution in [0.2, 0.25) is 0 Å². The van der Waals surface area contributed by atoms with Crippen molar-refractivity contribution in [2.45, 2.75) is 17.9 Å². The first-order valence-corrected chi connectivity index (χ1v) is 15.5. The fraction of sp³-hybridized carbons (Fsp3) is 0.194. The number of fused-ring (bicyclic) bond motifs is 1. The minimum atomic E-state index is -0.689. The summed E-state index contributed by atoms with van der Waals surface area (Å²) in [7, 11) is 3.96. The molecule has 6 nitrogen and oxygen atoms in total. The predicted octanol–water partition coefficient (Wildman–Crippen LogP) is 5.49. The number of ether oxygens (including phenoxy) is 1. The summed E-state index contributed by atoms with van der Waals surface area (Å²) >= 11 is 6.59. The second-order valence-electron chi connectivity index (χ2n) is 9.31. The number of esters is 1. The molecule has 4 aromatic rings. The fourth-order valence-electron chi connectivity index (χ4n) is 4.67. The quantitative estimate of drug-likeness (QED) is 0.199. The van der Waals surface area contributed by atoms with Crippen molar-refractivity contribution in [3.8, 4) is 0 Å². The largest absolute Gasteiger partial charge is 0.463 e. The van der Waals surface area contributed by atoms with E-state index in [1.54, 1.807) is 23.3 Å². The number of anilines is 1. The number of thiazole rings is 1. The second-order valence-corrected chi connectivity index (χ2v) is 12.1. The maximum atomic E-state index is 14.0. The lowest BCUT2D eigenvalue weighted by atomic mass is 9.93. The number of hydrogen-bond acceptors (Lipinski definition) is 7. The van der Waals surface area contributed by atoms with Gasteiger partial charge in [0.05, 0.1) is 34.1 Å². The monoisotopic (exact) mass is 633 g/mol. The van der Waals surface area contributed by atoms with Gasteiger partial charge in [0.15, 0.2) is 4.80 Å². The van der Waals surface area contributed by atoms with Crippen LogP contribution in [-0.2, 0) is 9.53 Å². The summed E-state index contributed by atoms with van der Waals surface area (Å²) < 4.78 is 8.64. The predicted molar refractivity (Wildman–Crippen MR) is 168 cm³/mol. The van der Waals surface area contributed by atoms with Crippen molar-refractivity contribution in [2.24, 2.45) is 4.99 Å². The molecule has 0 fully saturated rings. The summed E-state index contributed by atoms with van der Waals surface area (Å²) in [6.07, 6.45) is 3.89. The van der Waals surface area contributed by atoms with Gasteiger partial charge in [-0.25, -0.2) is 9.79 Å². The molecule has 9 heteroatoms. The first kappa shape index (κ1) is 28.1. The van der Waals surface area contributed by atoms with Crippen LogP contribution in [0.25, 0.3) is 11.8 Å². The molecule has 5 rings (SSSR count). The molecule has 1 atom stereocenters. The van der Waals surface area contributed by atoms with Gasteiger partial charge in [-0.2, -0.15) is 0 Å². The Balaban J connectivity index is 1.78. The number of nitrogens with zero attached hydrogens (tertiary/aromatic N) is 3. The molecule has 0 radical (unpaired) electrons. The highest BCUT2D eigenvalue weighted by molar-refractivity contribution is 9.10. The standard InChI is InChI=1S/C31H28BrN3O3S2/c1-5-38-30(37)26-27(20-9-7-6-8-10-20)33-31-35(28(26)21-12-14-22(39-4)15-13-21)29(36)25(40-31)18-19-11-16-24(34(2)3)23(32)17-19/h6-18,28H,5H2,1-4H3/b25-18-/t28-/m0/s1. The zero-order chi connectivity index (χ0) is 28.4. The fourth-order valence-corrected chi connectivity index (χ4v) is 6.83. The van der Waals surface area contributed by atoms with Crippen molar-refractivity contribution in [2.75, 3.05) is 31.9 Å². The number of benzene rings is 3. The molecular formula is C31H28BrN3O3S2. The van der Waals surface area contributed by atoms with Crippen molar-refractivity contribution in [3.63, 3.8) is 0 Å². The molecule has 0 bridgehead atoms. The van der Waals surface area contributed by atoms with E-state index in [0.29, 0.717) is 20.6 Å². The van der Waals surface area contributed by atoms with Crippen LogP contribution in [0.5, 0.6) is 0 Å². The van der Waals surface area contributed by atoms with E-state index in [1.807, 2.05) is 104 Å². The van der Waals surface area contributed by atoms with Gasteiger partial charge in [0.1, 0.15) is 0 Å². The van der Waals surface area contributed by atoms with E-state index < -0.39 is 12.0 Å². The van der Waals surface area contributed by atoms with E-state index >= 15 is 0 Å². The van der Waals surface area contributed by atoms with Gasteiger partial charge in [0.2, 0.25) is 0 Å². The molecule has 3 aromatic carbocycles. The molecule has 0 N–H and O–H groups in total. The van der Waals surface area contributed by atoms with Gasteiger partial charge in [-0.05, 0) is 70.6 Å². The highest BCUT2D eigenvalue weighted by atomic mass is 79.9. The number of carbonyl (C=O) groups is 1. The average molecular weight is 635 g/mol. The molecule has 1 aliphatic heterocycles. The molecule has 0 saturated carbocycles. The van der Waals surface area contributed by atoms with Crippen molar-refractivity contribution < 1.29 is 9.53 Å². The maximum Gasteiger partial charge on any atom is 0.338 e. The number of rotatable bonds is 7. The molecule has 1 aliphatic rings. The summed E-state index contributed by atoms with van der Waals surface area (Å²) in [6, 6.07) is 22.8. The third kappa shape index (κ3) is 5.46. The third-order valence-electron chi connectivity index (χ3n) is 6.56. The number of carbonyl (C=O) groups excluding carboxylic acids is 1. The average Bonchev–Trinajstić information content (AvgIpc) is 3.26. The van der Waals surface area contributed by atoms with Crippen molar-refractivity contribution in [1.82, 2.24) is 4.57 Å². The Morgan fingerprint density at radius 3 is 2.48 bits per heavy atom. The van der Waals surface area contributed by atoms with Crippen LogP contribution in [0.3, 0.4) is 0 Å². The summed E-state index contributed by atoms with van der Waals surface area (Å²) in [5.74, 6) is -0.485. The van der Waals surface area contributed by atoms with Crippen LogP contribution >= 0.6 is 39.0 Å². The van der Waals surface area contributed by atoms with E-state index in [4.69, 9.17) is 9.73 Å². The summed E-state index contributed by atoms with van der Waals surface area (Å²) in [4.78, 5) is 36.1. The van der Waals surface area contributed by atoms with Gasteiger partial charge < -0.3 is 9.64 Å². The SMILES string of the molecule is CCOC(=O)C1=C(c2ccccc2)N=c2s/c(=C\c3ccc(N(C)C)c(Br)c3)c(=O)n2[C@H]1c1ccc(SC)cc1. The van der Waals surface area contributed by atoms with Crippen LogP contribution in [0.15, 0.2) is 97.5 Å². The Morgan fingerprint density at radius 1 is 1.12 bits per heavy atom. The number of aromatic nitrogens is 1. The molecule has 204 valence electrons. The lowest BCUT2D eigenvalue weighted by Gasteiger charge is -2.26. The van der Waals surface area contributed by atoms with E-state index in [9.17, 15) is 9.59 Å². The van der Waals surface area contributed by atoms with E-state index in [-0.39, 0.29) is 12.2 Å². The minimum Gasteiger partial charge on any atom is -0.463 e. The van der Waals surface area contributed by atoms with Gasteiger partial charge in [-0.1, -0.05) is 59.9 Å². The first-order chi connectivity index (χ1) is 19.3. The Labute approximate surface area is 249 Å². The Hall–Kier alpha value is -3.40. The zero-order valence-electron chi connectivity index (χ0n) is 22.6. The highest BCUT2D eigenvalue weighted by Crippen LogP contribution is 2.35. The minimum absolute atomic E-state index is 0.204. The van der Waals surface area contributed by atoms with Gasteiger partial charge in [0.25, 0.3) is 5.56 Å². The second kappa shape index (κ2) is 12.0. The van der Waals surface area contributed by atoms with Crippen LogP contribution < -0.4 is 19.8 Å². The van der Waals surface area contributed by atoms with Crippen LogP contribution in [-0.4, -0.2) is 37.5 Å². The Kier molecular flexibility index (Phi) is 8.44. The topological polar surface area (TPSA) is 63.9 Å². The first-order valence-electron chi connectivity index (χ1n) is 12.7. The lowest BCUT2D eigenvalue weighted by Crippen LogP contribution is -2.40. The summed E-state index contributed by atoms with van der Waals surface area (Å²) in [5.41, 5.74) is 4.19. The van der Waals surface area contributed by atoms with Gasteiger partial charge >= 0.3 is 5.97 Å². The lowest BCUT2D eigenvalue weighted by molar-refractivity contribution is -0.138. The summed E-state index contributed by atoms with van der Waals surface area (Å²) in [5, 5.41) is 0. The van der Waals surface area contributed by atoms with Gasteiger partial charge in [-0.15, -0.1) is 11.8 Å². The Morgan fingerprint density at radius 2 is 1.85 bits per heavy atom. The number of halogens is 1. The zero-order valence-corrected chi connectivity index (χ0v) is 25.8. The maximum absolute atomic E-state index is 14.0. The third-order valence-corrected chi connectivity index (χ3v) is 8.92. The molecular weight excluding hydrogens is 606 g/mol. The van der Waals surface area contributed by atoms with E-state index in [1.165, 1.54) is 11.3 Å². The molecule has 1 aromatic heterocycles.